The van der Waals surface area contributed by atoms with Crippen molar-refractivity contribution >= 4 is 21.8 Å². The Morgan fingerprint density at radius 1 is 1.77 bits per heavy atom. The average Bonchev–Trinajstić information content (AvgIpc) is 2.12. The summed E-state index contributed by atoms with van der Waals surface area (Å²) in [5.74, 6) is -0.252. The first-order valence-electron chi connectivity index (χ1n) is 3.99. The summed E-state index contributed by atoms with van der Waals surface area (Å²) in [5.41, 5.74) is -0.928. The van der Waals surface area contributed by atoms with E-state index in [9.17, 15) is 4.79 Å². The maximum atomic E-state index is 11.4. The fourth-order valence-electron chi connectivity index (χ4n) is 0.662. The zero-order valence-corrected chi connectivity index (χ0v) is 9.44. The third kappa shape index (κ3) is 3.60. The zero-order chi connectivity index (χ0) is 10.5. The molecule has 1 N–H and O–H groups in total. The molecule has 0 saturated carbocycles. The van der Waals surface area contributed by atoms with Crippen LogP contribution >= 0.6 is 15.9 Å². The molecule has 0 spiro atoms. The summed E-state index contributed by atoms with van der Waals surface area (Å²) in [6.07, 6.45) is 0.504. The Morgan fingerprint density at radius 3 is 2.62 bits per heavy atom. The Kier molecular flexibility index (Phi) is 4.71. The van der Waals surface area contributed by atoms with E-state index in [2.05, 4.69) is 27.8 Å². The van der Waals surface area contributed by atoms with Gasteiger partial charge in [0.2, 0.25) is 5.91 Å². The molecule has 3 nitrogen and oxygen atoms in total. The molecule has 0 aromatic carbocycles. The van der Waals surface area contributed by atoms with Crippen molar-refractivity contribution in [1.29, 1.82) is 5.26 Å². The molecule has 0 aromatic heterocycles. The average molecular weight is 245 g/mol. The van der Waals surface area contributed by atoms with E-state index < -0.39 is 5.41 Å². The van der Waals surface area contributed by atoms with E-state index in [1.54, 1.807) is 6.92 Å². The van der Waals surface area contributed by atoms with Crippen molar-refractivity contribution in [2.24, 2.45) is 5.41 Å². The summed E-state index contributed by atoms with van der Waals surface area (Å²) in [6, 6.07) is 1.99. The molecule has 0 rings (SSSR count). The molecule has 1 atom stereocenters. The molecule has 0 bridgehead atoms. The molecular formula is C9H13BrN2O. The molecular weight excluding hydrogens is 232 g/mol. The molecule has 0 aromatic rings. The van der Waals surface area contributed by atoms with Crippen molar-refractivity contribution in [3.63, 3.8) is 0 Å². The summed E-state index contributed by atoms with van der Waals surface area (Å²) in [6.45, 7) is 7.37. The lowest BCUT2D eigenvalue weighted by molar-refractivity contribution is -0.127. The lowest BCUT2D eigenvalue weighted by Crippen LogP contribution is -2.38. The lowest BCUT2D eigenvalue weighted by Gasteiger charge is -2.18. The molecule has 1 unspecified atom stereocenters. The van der Waals surface area contributed by atoms with Gasteiger partial charge in [0, 0.05) is 11.0 Å². The first kappa shape index (κ1) is 12.2. The van der Waals surface area contributed by atoms with Crippen LogP contribution in [0.25, 0.3) is 0 Å². The Morgan fingerprint density at radius 2 is 2.31 bits per heavy atom. The van der Waals surface area contributed by atoms with Crippen LogP contribution in [0.15, 0.2) is 11.1 Å². The second kappa shape index (κ2) is 5.03. The number of nitrogens with one attached hydrogen (secondary N) is 1. The van der Waals surface area contributed by atoms with Crippen molar-refractivity contribution in [3.05, 3.63) is 11.1 Å². The van der Waals surface area contributed by atoms with E-state index in [4.69, 9.17) is 5.26 Å². The summed E-state index contributed by atoms with van der Waals surface area (Å²) in [4.78, 5) is 11.4. The number of halogens is 1. The summed E-state index contributed by atoms with van der Waals surface area (Å²) in [5, 5.41) is 11.4. The highest BCUT2D eigenvalue weighted by atomic mass is 79.9. The number of carbonyl (C=O) groups is 1. The van der Waals surface area contributed by atoms with Crippen LogP contribution in [0.2, 0.25) is 0 Å². The SMILES string of the molecule is C=C(Br)CNC(=O)C(C)(C#N)CC. The second-order valence-corrected chi connectivity index (χ2v) is 4.12. The van der Waals surface area contributed by atoms with Crippen LogP contribution in [0.4, 0.5) is 0 Å². The van der Waals surface area contributed by atoms with Crippen LogP contribution in [0.1, 0.15) is 20.3 Å². The first-order valence-corrected chi connectivity index (χ1v) is 4.78. The third-order valence-corrected chi connectivity index (χ3v) is 2.18. The van der Waals surface area contributed by atoms with Gasteiger partial charge < -0.3 is 5.32 Å². The predicted octanol–water partition coefficient (Wildman–Crippen LogP) is 1.95. The fourth-order valence-corrected chi connectivity index (χ4v) is 0.802. The van der Waals surface area contributed by atoms with E-state index >= 15 is 0 Å². The van der Waals surface area contributed by atoms with Crippen LogP contribution in [0, 0.1) is 16.7 Å². The molecule has 0 aliphatic rings. The topological polar surface area (TPSA) is 52.9 Å². The molecule has 0 radical (unpaired) electrons. The van der Waals surface area contributed by atoms with Crippen molar-refractivity contribution in [3.8, 4) is 6.07 Å². The number of nitrogens with zero attached hydrogens (tertiary/aromatic N) is 1. The highest BCUT2D eigenvalue weighted by Gasteiger charge is 2.30. The molecule has 0 heterocycles. The predicted molar refractivity (Wildman–Crippen MR) is 55.1 cm³/mol. The molecule has 4 heteroatoms. The maximum Gasteiger partial charge on any atom is 0.240 e. The van der Waals surface area contributed by atoms with Gasteiger partial charge in [-0.3, -0.25) is 4.79 Å². The van der Waals surface area contributed by atoms with Crippen molar-refractivity contribution in [1.82, 2.24) is 5.32 Å². The van der Waals surface area contributed by atoms with Crippen LogP contribution in [0.3, 0.4) is 0 Å². The Balaban J connectivity index is 4.26. The number of hydrogen-bond acceptors (Lipinski definition) is 2. The van der Waals surface area contributed by atoms with Crippen LogP contribution in [-0.4, -0.2) is 12.5 Å². The summed E-state index contributed by atoms with van der Waals surface area (Å²) in [7, 11) is 0. The van der Waals surface area contributed by atoms with Gasteiger partial charge in [-0.15, -0.1) is 0 Å². The third-order valence-electron chi connectivity index (χ3n) is 1.90. The number of carbonyl (C=O) groups excluding carboxylic acids is 1. The van der Waals surface area contributed by atoms with E-state index in [0.717, 1.165) is 0 Å². The van der Waals surface area contributed by atoms with Crippen molar-refractivity contribution < 1.29 is 4.79 Å². The largest absolute Gasteiger partial charge is 0.350 e. The zero-order valence-electron chi connectivity index (χ0n) is 7.85. The van der Waals surface area contributed by atoms with E-state index in [1.807, 2.05) is 13.0 Å². The van der Waals surface area contributed by atoms with Gasteiger partial charge in [0.25, 0.3) is 0 Å². The molecule has 72 valence electrons. The molecule has 13 heavy (non-hydrogen) atoms. The monoisotopic (exact) mass is 244 g/mol. The normalized spacial score (nSPS) is 14.0. The van der Waals surface area contributed by atoms with Gasteiger partial charge in [0.05, 0.1) is 6.07 Å². The summed E-state index contributed by atoms with van der Waals surface area (Å²) < 4.78 is 0.692. The Hall–Kier alpha value is -0.820. The standard InChI is InChI=1S/C9H13BrN2O/c1-4-9(3,6-11)8(13)12-5-7(2)10/h2,4-5H2,1,3H3,(H,12,13). The van der Waals surface area contributed by atoms with E-state index in [0.29, 0.717) is 17.4 Å². The first-order chi connectivity index (χ1) is 5.96. The smallest absolute Gasteiger partial charge is 0.240 e. The van der Waals surface area contributed by atoms with Gasteiger partial charge >= 0.3 is 0 Å². The van der Waals surface area contributed by atoms with E-state index in [-0.39, 0.29) is 5.91 Å². The number of rotatable bonds is 4. The van der Waals surface area contributed by atoms with E-state index in [1.165, 1.54) is 0 Å². The van der Waals surface area contributed by atoms with Gasteiger partial charge in [-0.05, 0) is 13.3 Å². The maximum absolute atomic E-state index is 11.4. The molecule has 0 saturated heterocycles. The summed E-state index contributed by atoms with van der Waals surface area (Å²) >= 11 is 3.12. The highest BCUT2D eigenvalue weighted by molar-refractivity contribution is 9.11. The van der Waals surface area contributed by atoms with Gasteiger partial charge in [0.1, 0.15) is 5.41 Å². The Bertz CT molecular complexity index is 257. The quantitative estimate of drug-likeness (QED) is 0.822. The second-order valence-electron chi connectivity index (χ2n) is 3.00. The lowest BCUT2D eigenvalue weighted by atomic mass is 9.88. The van der Waals surface area contributed by atoms with Gasteiger partial charge in [-0.2, -0.15) is 5.26 Å². The minimum atomic E-state index is -0.928. The van der Waals surface area contributed by atoms with Gasteiger partial charge in [-0.1, -0.05) is 29.4 Å². The van der Waals surface area contributed by atoms with Gasteiger partial charge in [-0.25, -0.2) is 0 Å². The highest BCUT2D eigenvalue weighted by Crippen LogP contribution is 2.19. The number of nitriles is 1. The van der Waals surface area contributed by atoms with Crippen LogP contribution < -0.4 is 5.32 Å². The fraction of sp³-hybridized carbons (Fsp3) is 0.556. The van der Waals surface area contributed by atoms with Crippen LogP contribution in [-0.2, 0) is 4.79 Å². The van der Waals surface area contributed by atoms with Crippen molar-refractivity contribution in [2.45, 2.75) is 20.3 Å². The molecule has 0 aliphatic carbocycles. The minimum Gasteiger partial charge on any atom is -0.350 e. The Labute approximate surface area is 86.9 Å². The minimum absolute atomic E-state index is 0.252. The number of hydrogen-bond donors (Lipinski definition) is 1. The molecule has 0 fully saturated rings. The number of amides is 1. The molecule has 1 amide bonds. The van der Waals surface area contributed by atoms with Gasteiger partial charge in [0.15, 0.2) is 0 Å². The van der Waals surface area contributed by atoms with Crippen LogP contribution in [0.5, 0.6) is 0 Å². The molecule has 0 aliphatic heterocycles. The van der Waals surface area contributed by atoms with Crippen molar-refractivity contribution in [2.75, 3.05) is 6.54 Å².